The molecule has 0 fully saturated rings. The summed E-state index contributed by atoms with van der Waals surface area (Å²) in [4.78, 5) is 106. The number of imidazole rings is 2. The molecule has 0 bridgehead atoms. The number of aromatic nitrogens is 25. The summed E-state index contributed by atoms with van der Waals surface area (Å²) >= 11 is 14.9. The molecule has 6 aromatic carbocycles. The van der Waals surface area contributed by atoms with Crippen LogP contribution in [0.15, 0.2) is 244 Å². The number of aromatic carboxylic acids is 1. The first kappa shape index (κ1) is 102. The van der Waals surface area contributed by atoms with E-state index in [0.717, 1.165) is 93.8 Å². The largest absolute Gasteiger partial charge is 1.00 e. The summed E-state index contributed by atoms with van der Waals surface area (Å²) in [5.41, 5.74) is 31.9. The predicted molar refractivity (Wildman–Crippen MR) is 485 cm³/mol. The molecule has 0 aliphatic rings. The number of hydrogen-bond acceptors (Lipinski definition) is 29. The van der Waals surface area contributed by atoms with Crippen LogP contribution in [0.25, 0.3) is 87.7 Å². The van der Waals surface area contributed by atoms with Crippen LogP contribution in [0.5, 0.6) is 0 Å². The van der Waals surface area contributed by atoms with Gasteiger partial charge in [-0.15, -0.1) is 34.1 Å². The van der Waals surface area contributed by atoms with Crippen LogP contribution in [0, 0.1) is 30.9 Å². The SMILES string of the molecule is BrCc1ccc2nccnc2c1.C#CC(=O)OCC.CCOC(=O)c1cn(Cc2ccc3nccnc3c2)nn1.Cc1ccc2nccnc2c1.Cl.NCc1ncn2ccc(Cl)c(F)c12.O.O=C(NCc1ncn2ccc(Cl)c(F)c12)c1cn(Cc2ccc3nccnc3c2)nn1.O=C(O)c1cn(Cc2ccc3nccnc3c2)nn1.[Li+].[N-]=[N+]=NCc1ccc2nccnc2c1.[OH-]. The number of ether oxygens (including phenoxy) is 2. The van der Waals surface area contributed by atoms with Gasteiger partial charge in [0.05, 0.1) is 165 Å². The number of hydrogen-bond donors (Lipinski definition) is 3. The van der Waals surface area contributed by atoms with Crippen molar-refractivity contribution < 1.29 is 72.4 Å². The summed E-state index contributed by atoms with van der Waals surface area (Å²) in [6, 6.07) is 37.8. The molecule has 19 rings (SSSR count). The number of pyridine rings is 2. The number of carbonyl (C=O) groups is 4. The number of aryl methyl sites for hydroxylation is 1. The van der Waals surface area contributed by atoms with Crippen molar-refractivity contribution in [3.8, 4) is 12.3 Å². The van der Waals surface area contributed by atoms with Crippen LogP contribution < -0.4 is 29.9 Å². The molecule has 0 radical (unpaired) electrons. The van der Waals surface area contributed by atoms with Crippen molar-refractivity contribution >= 4 is 153 Å². The van der Waals surface area contributed by atoms with Crippen molar-refractivity contribution in [3.05, 3.63) is 333 Å². The topological polar surface area (TPSA) is 537 Å². The minimum atomic E-state index is -1.09. The van der Waals surface area contributed by atoms with Gasteiger partial charge in [-0.3, -0.25) is 64.6 Å². The van der Waals surface area contributed by atoms with E-state index in [-0.39, 0.29) is 88.0 Å². The van der Waals surface area contributed by atoms with Crippen molar-refractivity contribution in [3.63, 3.8) is 0 Å². The number of azide groups is 1. The molecule has 13 heterocycles. The second-order valence-corrected chi connectivity index (χ2v) is 27.9. The average Bonchev–Trinajstić information content (AvgIpc) is 1.65. The third-order valence-electron chi connectivity index (χ3n) is 17.7. The number of terminal acetylenes is 1. The Morgan fingerprint density at radius 2 is 0.864 bits per heavy atom. The molecule has 666 valence electrons. The maximum atomic E-state index is 14.3. The van der Waals surface area contributed by atoms with Crippen molar-refractivity contribution in [2.24, 2.45) is 10.8 Å². The second kappa shape index (κ2) is 51.0. The molecule has 0 saturated heterocycles. The van der Waals surface area contributed by atoms with Gasteiger partial charge in [-0.2, -0.15) is 0 Å². The van der Waals surface area contributed by atoms with E-state index in [2.05, 4.69) is 143 Å². The van der Waals surface area contributed by atoms with E-state index in [9.17, 15) is 28.0 Å². The summed E-state index contributed by atoms with van der Waals surface area (Å²) < 4.78 is 44.6. The molecule has 0 spiro atoms. The third kappa shape index (κ3) is 28.3. The molecule has 13 aromatic heterocycles. The van der Waals surface area contributed by atoms with Crippen molar-refractivity contribution in [1.82, 2.24) is 129 Å². The zero-order valence-corrected chi connectivity index (χ0v) is 74.1. The minimum absolute atomic E-state index is 0. The second-order valence-electron chi connectivity index (χ2n) is 26.5. The van der Waals surface area contributed by atoms with Gasteiger partial charge < -0.3 is 45.4 Å². The number of carbonyl (C=O) groups excluding carboxylic acids is 3. The number of nitrogens with two attached hydrogens (primary N) is 1. The number of amides is 1. The number of esters is 2. The van der Waals surface area contributed by atoms with Crippen LogP contribution in [0.2, 0.25) is 10.0 Å². The van der Waals surface area contributed by atoms with Crippen LogP contribution in [-0.2, 0) is 58.9 Å². The number of nitrogens with zero attached hydrogens (tertiary/aromatic N) is 28. The van der Waals surface area contributed by atoms with Crippen LogP contribution in [0.3, 0.4) is 0 Å². The molecule has 0 atom stereocenters. The van der Waals surface area contributed by atoms with Crippen molar-refractivity contribution in [1.29, 1.82) is 0 Å². The third-order valence-corrected chi connectivity index (χ3v) is 18.9. The summed E-state index contributed by atoms with van der Waals surface area (Å²) in [6.07, 6.45) is 35.3. The zero-order valence-electron chi connectivity index (χ0n) is 70.2. The number of alkyl halides is 1. The monoisotopic (exact) mass is 1900 g/mol. The number of benzene rings is 6. The van der Waals surface area contributed by atoms with E-state index < -0.39 is 35.4 Å². The molecule has 0 unspecified atom stereocenters. The number of rotatable bonds is 17. The molecular weight excluding hydrogens is 1830 g/mol. The predicted octanol–water partition coefficient (Wildman–Crippen LogP) is 10.1. The number of nitrogens with one attached hydrogen (secondary N) is 1. The van der Waals surface area contributed by atoms with E-state index in [1.54, 1.807) is 133 Å². The molecular formula is C86H75BrCl3F2LiN30O9. The molecule has 1 amide bonds. The maximum Gasteiger partial charge on any atom is 1.00 e. The van der Waals surface area contributed by atoms with E-state index in [1.807, 2.05) is 116 Å². The van der Waals surface area contributed by atoms with Gasteiger partial charge in [-0.05, 0) is 145 Å². The van der Waals surface area contributed by atoms with E-state index >= 15 is 0 Å². The molecule has 0 aliphatic carbocycles. The molecule has 0 saturated carbocycles. The van der Waals surface area contributed by atoms with Gasteiger partial charge >= 0.3 is 36.8 Å². The van der Waals surface area contributed by atoms with Crippen LogP contribution in [0.4, 0.5) is 8.78 Å². The van der Waals surface area contributed by atoms with Gasteiger partial charge in [-0.25, -0.2) is 47.2 Å². The maximum absolute atomic E-state index is 14.3. The minimum Gasteiger partial charge on any atom is -0.870 e. The molecule has 39 nitrogen and oxygen atoms in total. The molecule has 0 aliphatic heterocycles. The smallest absolute Gasteiger partial charge is 0.870 e. The standard InChI is InChI=1S/C20H14ClFN8O.C14H13N5O2.C12H9N5O2.C9H7BrN2.C9H7N5.C9H8N2.C8H7ClFN3.C5H6O2.ClH.Li.2H2O/c21-13-3-6-29-11-26-16(19(29)18(13)22)8-25-20(31)17-10-30(28-27-17)9-12-1-2-14-15(7-12)24-5-4-23-14;1-2-21-14(20)13-9-19(18-17-13)8-10-3-4-11-12(7-10)16-6-5-15-11;18-12(19)11-7-17(16-15-11)6-8-1-2-9-10(5-8)14-4-3-13-9;10-6-7-1-2-8-9(5-7)12-4-3-11-8;10-14-13-6-7-1-2-8-9(5-7)12-4-3-11-8;1-7-2-3-8-9(6-7)11-5-4-10-8;9-5-1-2-13-4-12-6(3-11)8(13)7(5)10;1-3-5(6)7-4-2;;;;/h1-7,10-11H,8-9H2,(H,25,31);3-7,9H,2,8H2,1H3;1-5,7H,6H2,(H,18,19);1-5H,6H2;1-5H,6H2;2-6H,1H3;1-2,4H,3,11H2;1H,4H2,2H3;1H;;2*1H2/q;;;;;;;;;+1;;/p-1. The Bertz CT molecular complexity index is 7240. The van der Waals surface area contributed by atoms with E-state index in [1.165, 1.54) is 51.2 Å². The Hall–Kier alpha value is -15.4. The first-order chi connectivity index (χ1) is 62.3. The Morgan fingerprint density at radius 3 is 1.25 bits per heavy atom. The van der Waals surface area contributed by atoms with Gasteiger partial charge in [0.2, 0.25) is 0 Å². The first-order valence-corrected chi connectivity index (χ1v) is 40.2. The Balaban J connectivity index is 0.000000191. The Labute approximate surface area is 783 Å². The van der Waals surface area contributed by atoms with E-state index in [4.69, 9.17) is 44.3 Å². The van der Waals surface area contributed by atoms with Gasteiger partial charge in [0.25, 0.3) is 5.91 Å². The quantitative estimate of drug-likeness (QED) is 0.0111. The van der Waals surface area contributed by atoms with Crippen LogP contribution >= 0.6 is 51.5 Å². The average molecular weight is 1900 g/mol. The molecule has 7 N–H and O–H groups in total. The summed E-state index contributed by atoms with van der Waals surface area (Å²) in [5.74, 6) is -1.84. The Morgan fingerprint density at radius 1 is 0.515 bits per heavy atom. The fourth-order valence-electron chi connectivity index (χ4n) is 11.8. The summed E-state index contributed by atoms with van der Waals surface area (Å²) in [5, 5.41) is 38.8. The first-order valence-electron chi connectivity index (χ1n) is 38.3. The molecule has 46 heteroatoms. The Kier molecular flexibility index (Phi) is 39.4. The zero-order chi connectivity index (χ0) is 90.3. The van der Waals surface area contributed by atoms with Gasteiger partial charge in [-0.1, -0.05) is 96.3 Å². The fourth-order valence-corrected chi connectivity index (χ4v) is 12.4. The fraction of sp³-hybridized carbons (Fsp3) is 0.140. The molecule has 132 heavy (non-hydrogen) atoms. The van der Waals surface area contributed by atoms with Crippen molar-refractivity contribution in [2.75, 3.05) is 13.2 Å². The number of carboxylic acids is 1. The van der Waals surface area contributed by atoms with Crippen LogP contribution in [0.1, 0.15) is 90.1 Å². The normalized spacial score (nSPS) is 10.2. The van der Waals surface area contributed by atoms with Gasteiger partial charge in [0.15, 0.2) is 28.7 Å². The van der Waals surface area contributed by atoms with Gasteiger partial charge in [0, 0.05) is 109 Å². The van der Waals surface area contributed by atoms with Gasteiger partial charge in [0.1, 0.15) is 11.0 Å². The number of fused-ring (bicyclic) bond motifs is 8. The number of halogens is 6. The van der Waals surface area contributed by atoms with Crippen LogP contribution in [-0.4, -0.2) is 177 Å². The summed E-state index contributed by atoms with van der Waals surface area (Å²) in [6.45, 7) is 8.09. The van der Waals surface area contributed by atoms with Crippen molar-refractivity contribution in [2.45, 2.75) is 65.4 Å². The molecule has 19 aromatic rings. The van der Waals surface area contributed by atoms with E-state index in [0.29, 0.717) is 56.3 Å². The number of carboxylic acid groups (broad SMARTS) is 1. The summed E-state index contributed by atoms with van der Waals surface area (Å²) in [7, 11) is 0.